The lowest BCUT2D eigenvalue weighted by Crippen LogP contribution is -2.03. The fraction of sp³-hybridized carbons (Fsp3) is 0.667. The van der Waals surface area contributed by atoms with Crippen molar-refractivity contribution in [1.82, 2.24) is 0 Å². The minimum Gasteiger partial charge on any atom is -0.367 e. The van der Waals surface area contributed by atoms with E-state index in [2.05, 4.69) is 12.2 Å². The Kier molecular flexibility index (Phi) is 1.15. The molecule has 0 unspecified atom stereocenters. The highest BCUT2D eigenvalue weighted by Gasteiger charge is 2.07. The Balaban J connectivity index is 2.42. The fourth-order valence-electron chi connectivity index (χ4n) is 0.742. The monoisotopic (exact) mass is 98.1 g/mol. The Bertz CT molecular complexity index is 76.2. The van der Waals surface area contributed by atoms with E-state index in [4.69, 9.17) is 4.74 Å². The van der Waals surface area contributed by atoms with Gasteiger partial charge >= 0.3 is 0 Å². The van der Waals surface area contributed by atoms with E-state index in [1.54, 1.807) is 0 Å². The molecule has 1 heteroatoms. The lowest BCUT2D eigenvalue weighted by atomic mass is 10.4. The highest BCUT2D eigenvalue weighted by atomic mass is 16.5. The zero-order chi connectivity index (χ0) is 5.28. The first-order chi connectivity index (χ1) is 3.29. The number of ether oxygens (including phenoxy) is 1. The molecule has 0 bridgehead atoms. The highest BCUT2D eigenvalue weighted by Crippen LogP contribution is 2.08. The molecule has 1 aliphatic rings. The van der Waals surface area contributed by atoms with Crippen molar-refractivity contribution in [3.05, 3.63) is 12.2 Å². The van der Waals surface area contributed by atoms with Gasteiger partial charge in [0.1, 0.15) is 0 Å². The van der Waals surface area contributed by atoms with Gasteiger partial charge in [-0.3, -0.25) is 0 Å². The molecule has 40 valence electrons. The molecule has 1 aliphatic heterocycles. The molecular weight excluding hydrogens is 88.1 g/mol. The van der Waals surface area contributed by atoms with Crippen molar-refractivity contribution in [2.24, 2.45) is 0 Å². The van der Waals surface area contributed by atoms with E-state index in [0.29, 0.717) is 12.2 Å². The summed E-state index contributed by atoms with van der Waals surface area (Å²) in [7, 11) is 0. The quantitative estimate of drug-likeness (QED) is 0.415. The van der Waals surface area contributed by atoms with Gasteiger partial charge < -0.3 is 4.74 Å². The van der Waals surface area contributed by atoms with Crippen LogP contribution in [0.25, 0.3) is 0 Å². The lowest BCUT2D eigenvalue weighted by molar-refractivity contribution is 0.0830. The van der Waals surface area contributed by atoms with Crippen molar-refractivity contribution >= 4 is 0 Å². The maximum absolute atomic E-state index is 5.25. The summed E-state index contributed by atoms with van der Waals surface area (Å²) >= 11 is 0. The first-order valence-electron chi connectivity index (χ1n) is 2.63. The second-order valence-corrected chi connectivity index (χ2v) is 1.93. The van der Waals surface area contributed by atoms with E-state index >= 15 is 0 Å². The van der Waals surface area contributed by atoms with Crippen LogP contribution in [0.1, 0.15) is 13.8 Å². The number of hydrogen-bond donors (Lipinski definition) is 0. The maximum atomic E-state index is 5.25. The van der Waals surface area contributed by atoms with Crippen molar-refractivity contribution in [1.29, 1.82) is 0 Å². The molecule has 0 aromatic carbocycles. The van der Waals surface area contributed by atoms with Crippen LogP contribution in [0.2, 0.25) is 0 Å². The van der Waals surface area contributed by atoms with Gasteiger partial charge in [0.2, 0.25) is 0 Å². The Labute approximate surface area is 44.0 Å². The summed E-state index contributed by atoms with van der Waals surface area (Å²) in [6.45, 7) is 4.08. The SMILES string of the molecule is C[C@H]1C=C[C@H](C)O1. The van der Waals surface area contributed by atoms with Gasteiger partial charge in [0.25, 0.3) is 0 Å². The smallest absolute Gasteiger partial charge is 0.0736 e. The lowest BCUT2D eigenvalue weighted by Gasteiger charge is -2.02. The predicted octanol–water partition coefficient (Wildman–Crippen LogP) is 1.35. The van der Waals surface area contributed by atoms with Crippen LogP contribution >= 0.6 is 0 Å². The average molecular weight is 98.1 g/mol. The third kappa shape index (κ3) is 1.03. The largest absolute Gasteiger partial charge is 0.367 e. The van der Waals surface area contributed by atoms with Crippen molar-refractivity contribution in [3.8, 4) is 0 Å². The summed E-state index contributed by atoms with van der Waals surface area (Å²) in [5.74, 6) is 0. The average Bonchev–Trinajstić information content (AvgIpc) is 1.87. The van der Waals surface area contributed by atoms with Crippen molar-refractivity contribution in [3.63, 3.8) is 0 Å². The molecule has 0 N–H and O–H groups in total. The van der Waals surface area contributed by atoms with Crippen LogP contribution in [-0.2, 0) is 4.74 Å². The standard InChI is InChI=1S/C6H10O/c1-5-3-4-6(2)7-5/h3-6H,1-2H3/t5-,6-/m0/s1. The van der Waals surface area contributed by atoms with Gasteiger partial charge in [-0.1, -0.05) is 12.2 Å². The maximum Gasteiger partial charge on any atom is 0.0736 e. The highest BCUT2D eigenvalue weighted by molar-refractivity contribution is 4.98. The van der Waals surface area contributed by atoms with Crippen molar-refractivity contribution in [2.45, 2.75) is 26.1 Å². The molecule has 7 heavy (non-hydrogen) atoms. The normalized spacial score (nSPS) is 39.7. The summed E-state index contributed by atoms with van der Waals surface area (Å²) < 4.78 is 5.25. The van der Waals surface area contributed by atoms with Crippen LogP contribution < -0.4 is 0 Å². The summed E-state index contributed by atoms with van der Waals surface area (Å²) in [5.41, 5.74) is 0. The Morgan fingerprint density at radius 2 is 1.57 bits per heavy atom. The Morgan fingerprint density at radius 1 is 1.14 bits per heavy atom. The first kappa shape index (κ1) is 4.85. The van der Waals surface area contributed by atoms with E-state index in [9.17, 15) is 0 Å². The molecule has 0 radical (unpaired) electrons. The summed E-state index contributed by atoms with van der Waals surface area (Å²) in [6, 6.07) is 0. The zero-order valence-corrected chi connectivity index (χ0v) is 4.72. The van der Waals surface area contributed by atoms with Gasteiger partial charge in [-0.15, -0.1) is 0 Å². The van der Waals surface area contributed by atoms with Gasteiger partial charge in [-0.05, 0) is 13.8 Å². The van der Waals surface area contributed by atoms with Crippen LogP contribution in [0.3, 0.4) is 0 Å². The van der Waals surface area contributed by atoms with E-state index < -0.39 is 0 Å². The second-order valence-electron chi connectivity index (χ2n) is 1.93. The summed E-state index contributed by atoms with van der Waals surface area (Å²) in [5, 5.41) is 0. The van der Waals surface area contributed by atoms with E-state index in [1.165, 1.54) is 0 Å². The second kappa shape index (κ2) is 1.66. The predicted molar refractivity (Wildman–Crippen MR) is 29.1 cm³/mol. The van der Waals surface area contributed by atoms with E-state index in [1.807, 2.05) is 13.8 Å². The van der Waals surface area contributed by atoms with Crippen LogP contribution in [0, 0.1) is 0 Å². The summed E-state index contributed by atoms with van der Waals surface area (Å²) in [6.07, 6.45) is 4.83. The van der Waals surface area contributed by atoms with Gasteiger partial charge in [-0.2, -0.15) is 0 Å². The van der Waals surface area contributed by atoms with E-state index in [-0.39, 0.29) is 0 Å². The van der Waals surface area contributed by atoms with Crippen LogP contribution in [0.15, 0.2) is 12.2 Å². The Morgan fingerprint density at radius 3 is 1.71 bits per heavy atom. The first-order valence-corrected chi connectivity index (χ1v) is 2.63. The van der Waals surface area contributed by atoms with Crippen LogP contribution in [0.5, 0.6) is 0 Å². The van der Waals surface area contributed by atoms with Crippen molar-refractivity contribution < 1.29 is 4.74 Å². The minimum absolute atomic E-state index is 0.343. The number of rotatable bonds is 0. The zero-order valence-electron chi connectivity index (χ0n) is 4.72. The molecule has 0 aromatic heterocycles. The molecule has 1 heterocycles. The molecule has 0 spiro atoms. The van der Waals surface area contributed by atoms with Crippen molar-refractivity contribution in [2.75, 3.05) is 0 Å². The summed E-state index contributed by atoms with van der Waals surface area (Å²) in [4.78, 5) is 0. The van der Waals surface area contributed by atoms with Gasteiger partial charge in [0, 0.05) is 0 Å². The van der Waals surface area contributed by atoms with Crippen LogP contribution in [0.4, 0.5) is 0 Å². The van der Waals surface area contributed by atoms with Gasteiger partial charge in [0.05, 0.1) is 12.2 Å². The molecule has 0 saturated heterocycles. The third-order valence-corrected chi connectivity index (χ3v) is 1.08. The van der Waals surface area contributed by atoms with Gasteiger partial charge in [0.15, 0.2) is 0 Å². The molecule has 0 saturated carbocycles. The molecule has 1 nitrogen and oxygen atoms in total. The van der Waals surface area contributed by atoms with Gasteiger partial charge in [-0.25, -0.2) is 0 Å². The Hall–Kier alpha value is -0.300. The molecule has 0 amide bonds. The molecule has 0 aliphatic carbocycles. The van der Waals surface area contributed by atoms with E-state index in [0.717, 1.165) is 0 Å². The number of hydrogen-bond acceptors (Lipinski definition) is 1. The van der Waals surface area contributed by atoms with Crippen LogP contribution in [-0.4, -0.2) is 12.2 Å². The third-order valence-electron chi connectivity index (χ3n) is 1.08. The fourth-order valence-corrected chi connectivity index (χ4v) is 0.742. The molecule has 1 rings (SSSR count). The minimum atomic E-state index is 0.343. The topological polar surface area (TPSA) is 9.23 Å². The molecule has 0 fully saturated rings. The molecule has 0 aromatic rings. The molecule has 2 atom stereocenters. The molecular formula is C6H10O.